The number of allylic oxidation sites excluding steroid dienone is 1. The van der Waals surface area contributed by atoms with Crippen molar-refractivity contribution >= 4 is 5.91 Å². The van der Waals surface area contributed by atoms with Crippen molar-refractivity contribution in [1.82, 2.24) is 5.32 Å². The standard InChI is InChI=1S/C13H26N2O/c1-5-6-7-8-9-10-13(16)14-11-12-15(2,3)4/h8-9H,5-7,10-12H2,1-4H3/p+1/b9-8+. The van der Waals surface area contributed by atoms with Crippen molar-refractivity contribution < 1.29 is 9.28 Å². The summed E-state index contributed by atoms with van der Waals surface area (Å²) in [6.45, 7) is 3.89. The molecule has 0 aromatic rings. The first kappa shape index (κ1) is 15.2. The van der Waals surface area contributed by atoms with E-state index in [-0.39, 0.29) is 5.91 Å². The van der Waals surface area contributed by atoms with Crippen molar-refractivity contribution in [2.75, 3.05) is 34.2 Å². The molecule has 0 aliphatic rings. The highest BCUT2D eigenvalue weighted by molar-refractivity contribution is 5.77. The number of quaternary nitrogens is 1. The average Bonchev–Trinajstić information content (AvgIpc) is 2.15. The van der Waals surface area contributed by atoms with E-state index in [0.29, 0.717) is 6.42 Å². The smallest absolute Gasteiger partial charge is 0.224 e. The SMILES string of the molecule is CCCC/C=C/CC(=O)NCC[N+](C)(C)C. The van der Waals surface area contributed by atoms with Gasteiger partial charge in [0.1, 0.15) is 0 Å². The number of likely N-dealkylation sites (N-methyl/N-ethyl adjacent to an activating group) is 1. The first-order valence-electron chi connectivity index (χ1n) is 6.18. The van der Waals surface area contributed by atoms with Gasteiger partial charge in [-0.25, -0.2) is 0 Å². The zero-order valence-corrected chi connectivity index (χ0v) is 11.3. The van der Waals surface area contributed by atoms with Gasteiger partial charge in [0.25, 0.3) is 0 Å². The summed E-state index contributed by atoms with van der Waals surface area (Å²) in [5, 5.41) is 2.92. The van der Waals surface area contributed by atoms with Crippen molar-refractivity contribution in [3.63, 3.8) is 0 Å². The monoisotopic (exact) mass is 227 g/mol. The van der Waals surface area contributed by atoms with Crippen molar-refractivity contribution in [3.05, 3.63) is 12.2 Å². The lowest BCUT2D eigenvalue weighted by atomic mass is 10.2. The summed E-state index contributed by atoms with van der Waals surface area (Å²) in [6, 6.07) is 0. The highest BCUT2D eigenvalue weighted by atomic mass is 16.1. The minimum Gasteiger partial charge on any atom is -0.350 e. The largest absolute Gasteiger partial charge is 0.350 e. The summed E-state index contributed by atoms with van der Waals surface area (Å²) in [5.74, 6) is 0.126. The Balaban J connectivity index is 3.48. The van der Waals surface area contributed by atoms with Crippen LogP contribution in [0.1, 0.15) is 32.6 Å². The predicted molar refractivity (Wildman–Crippen MR) is 69.2 cm³/mol. The molecule has 0 saturated heterocycles. The summed E-state index contributed by atoms with van der Waals surface area (Å²) in [4.78, 5) is 11.4. The highest BCUT2D eigenvalue weighted by Crippen LogP contribution is 1.96. The zero-order chi connectivity index (χ0) is 12.4. The molecule has 1 amide bonds. The van der Waals surface area contributed by atoms with E-state index in [1.807, 2.05) is 6.08 Å². The van der Waals surface area contributed by atoms with Crippen LogP contribution in [-0.4, -0.2) is 44.6 Å². The second kappa shape index (κ2) is 8.34. The molecule has 0 spiro atoms. The van der Waals surface area contributed by atoms with E-state index in [1.165, 1.54) is 12.8 Å². The third-order valence-electron chi connectivity index (χ3n) is 2.30. The minimum absolute atomic E-state index is 0.126. The van der Waals surface area contributed by atoms with Gasteiger partial charge in [-0.05, 0) is 6.42 Å². The minimum atomic E-state index is 0.126. The number of nitrogens with one attached hydrogen (secondary N) is 1. The zero-order valence-electron chi connectivity index (χ0n) is 11.3. The molecule has 16 heavy (non-hydrogen) atoms. The molecule has 0 fully saturated rings. The molecule has 94 valence electrons. The van der Waals surface area contributed by atoms with Gasteiger partial charge in [0.2, 0.25) is 5.91 Å². The molecule has 0 aromatic heterocycles. The summed E-state index contributed by atoms with van der Waals surface area (Å²) in [6.07, 6.45) is 8.09. The molecule has 0 aliphatic heterocycles. The quantitative estimate of drug-likeness (QED) is 0.383. The fraction of sp³-hybridized carbons (Fsp3) is 0.769. The van der Waals surface area contributed by atoms with Gasteiger partial charge in [-0.15, -0.1) is 0 Å². The third kappa shape index (κ3) is 11.2. The Morgan fingerprint density at radius 2 is 1.94 bits per heavy atom. The van der Waals surface area contributed by atoms with E-state index in [1.54, 1.807) is 0 Å². The number of unbranched alkanes of at least 4 members (excludes halogenated alkanes) is 2. The summed E-state index contributed by atoms with van der Waals surface area (Å²) >= 11 is 0. The van der Waals surface area contributed by atoms with E-state index in [0.717, 1.165) is 24.0 Å². The van der Waals surface area contributed by atoms with Gasteiger partial charge in [0.05, 0.1) is 34.2 Å². The van der Waals surface area contributed by atoms with E-state index < -0.39 is 0 Å². The number of rotatable bonds is 8. The lowest BCUT2D eigenvalue weighted by Gasteiger charge is -2.23. The molecular weight excluding hydrogens is 200 g/mol. The number of carbonyl (C=O) groups excluding carboxylic acids is 1. The van der Waals surface area contributed by atoms with Crippen molar-refractivity contribution in [2.45, 2.75) is 32.6 Å². The van der Waals surface area contributed by atoms with Crippen molar-refractivity contribution in [3.8, 4) is 0 Å². The Bertz CT molecular complexity index is 216. The van der Waals surface area contributed by atoms with Gasteiger partial charge < -0.3 is 9.80 Å². The first-order valence-corrected chi connectivity index (χ1v) is 6.18. The van der Waals surface area contributed by atoms with Crippen LogP contribution < -0.4 is 5.32 Å². The fourth-order valence-electron chi connectivity index (χ4n) is 1.23. The van der Waals surface area contributed by atoms with E-state index in [4.69, 9.17) is 0 Å². The van der Waals surface area contributed by atoms with E-state index in [9.17, 15) is 4.79 Å². The van der Waals surface area contributed by atoms with Crippen LogP contribution >= 0.6 is 0 Å². The number of hydrogen-bond acceptors (Lipinski definition) is 1. The molecule has 0 aromatic carbocycles. The topological polar surface area (TPSA) is 29.1 Å². The maximum Gasteiger partial charge on any atom is 0.224 e. The lowest BCUT2D eigenvalue weighted by molar-refractivity contribution is -0.869. The molecule has 0 aliphatic carbocycles. The molecule has 3 nitrogen and oxygen atoms in total. The highest BCUT2D eigenvalue weighted by Gasteiger charge is 2.06. The first-order chi connectivity index (χ1) is 7.45. The number of nitrogens with zero attached hydrogens (tertiary/aromatic N) is 1. The number of carbonyl (C=O) groups is 1. The molecule has 0 heterocycles. The van der Waals surface area contributed by atoms with Crippen LogP contribution in [0.25, 0.3) is 0 Å². The van der Waals surface area contributed by atoms with Crippen LogP contribution in [0.15, 0.2) is 12.2 Å². The summed E-state index contributed by atoms with van der Waals surface area (Å²) in [7, 11) is 6.37. The van der Waals surface area contributed by atoms with Gasteiger partial charge in [0, 0.05) is 6.42 Å². The molecule has 0 bridgehead atoms. The molecular formula is C13H27N2O+. The van der Waals surface area contributed by atoms with Crippen LogP contribution in [-0.2, 0) is 4.79 Å². The summed E-state index contributed by atoms with van der Waals surface area (Å²) in [5.41, 5.74) is 0. The Labute approximate surface area is 100 Å². The summed E-state index contributed by atoms with van der Waals surface area (Å²) < 4.78 is 0.882. The van der Waals surface area contributed by atoms with Crippen molar-refractivity contribution in [2.24, 2.45) is 0 Å². The van der Waals surface area contributed by atoms with Gasteiger partial charge in [-0.1, -0.05) is 31.9 Å². The Hall–Kier alpha value is -0.830. The van der Waals surface area contributed by atoms with Crippen molar-refractivity contribution in [1.29, 1.82) is 0 Å². The van der Waals surface area contributed by atoms with E-state index in [2.05, 4.69) is 39.5 Å². The van der Waals surface area contributed by atoms with Crippen LogP contribution in [0.4, 0.5) is 0 Å². The molecule has 0 unspecified atom stereocenters. The van der Waals surface area contributed by atoms with Gasteiger partial charge >= 0.3 is 0 Å². The normalized spacial score (nSPS) is 12.0. The van der Waals surface area contributed by atoms with Gasteiger partial charge in [0.15, 0.2) is 0 Å². The van der Waals surface area contributed by atoms with Crippen LogP contribution in [0.5, 0.6) is 0 Å². The second-order valence-electron chi connectivity index (χ2n) is 5.18. The molecule has 0 atom stereocenters. The lowest BCUT2D eigenvalue weighted by Crippen LogP contribution is -2.41. The third-order valence-corrected chi connectivity index (χ3v) is 2.30. The Morgan fingerprint density at radius 1 is 1.25 bits per heavy atom. The maximum absolute atomic E-state index is 11.4. The molecule has 0 radical (unpaired) electrons. The molecule has 3 heteroatoms. The Morgan fingerprint density at radius 3 is 2.50 bits per heavy atom. The van der Waals surface area contributed by atoms with Crippen LogP contribution in [0.3, 0.4) is 0 Å². The average molecular weight is 227 g/mol. The molecule has 1 N–H and O–H groups in total. The van der Waals surface area contributed by atoms with E-state index >= 15 is 0 Å². The van der Waals surface area contributed by atoms with Crippen LogP contribution in [0.2, 0.25) is 0 Å². The molecule has 0 rings (SSSR count). The Kier molecular flexibility index (Phi) is 7.90. The maximum atomic E-state index is 11.4. The van der Waals surface area contributed by atoms with Gasteiger partial charge in [-0.2, -0.15) is 0 Å². The number of hydrogen-bond donors (Lipinski definition) is 1. The van der Waals surface area contributed by atoms with Gasteiger partial charge in [-0.3, -0.25) is 4.79 Å². The predicted octanol–water partition coefficient (Wildman–Crippen LogP) is 1.95. The second-order valence-corrected chi connectivity index (χ2v) is 5.18. The van der Waals surface area contributed by atoms with Crippen LogP contribution in [0, 0.1) is 0 Å². The molecule has 0 saturated carbocycles. The fourth-order valence-corrected chi connectivity index (χ4v) is 1.23. The number of amides is 1.